The highest BCUT2D eigenvalue weighted by Gasteiger charge is 2.10. The van der Waals surface area contributed by atoms with Crippen molar-refractivity contribution in [1.82, 2.24) is 10.2 Å². The molecule has 0 saturated heterocycles. The standard InChI is InChI=1S/C16H12N2O3/c1-20-14-8-6-13(7-9-14)16-18-17-15(21-16)12-4-2-11(10-19)3-5-12/h2-10H,1H3. The number of ether oxygens (including phenoxy) is 1. The Labute approximate surface area is 121 Å². The fourth-order valence-electron chi connectivity index (χ4n) is 1.89. The smallest absolute Gasteiger partial charge is 0.248 e. The van der Waals surface area contributed by atoms with Gasteiger partial charge in [-0.3, -0.25) is 4.79 Å². The Morgan fingerprint density at radius 1 is 0.905 bits per heavy atom. The van der Waals surface area contributed by atoms with Gasteiger partial charge in [-0.05, 0) is 36.4 Å². The van der Waals surface area contributed by atoms with Crippen LogP contribution in [0.15, 0.2) is 52.9 Å². The van der Waals surface area contributed by atoms with E-state index in [2.05, 4.69) is 10.2 Å². The third-order valence-electron chi connectivity index (χ3n) is 3.06. The van der Waals surface area contributed by atoms with Gasteiger partial charge < -0.3 is 9.15 Å². The van der Waals surface area contributed by atoms with Gasteiger partial charge in [0, 0.05) is 16.7 Å². The number of aldehydes is 1. The average Bonchev–Trinajstić information content (AvgIpc) is 3.05. The number of nitrogens with zero attached hydrogens (tertiary/aromatic N) is 2. The molecule has 3 rings (SSSR count). The first kappa shape index (κ1) is 13.1. The minimum absolute atomic E-state index is 0.415. The van der Waals surface area contributed by atoms with Crippen LogP contribution in [0.4, 0.5) is 0 Å². The van der Waals surface area contributed by atoms with E-state index in [9.17, 15) is 4.79 Å². The molecular weight excluding hydrogens is 268 g/mol. The fourth-order valence-corrected chi connectivity index (χ4v) is 1.89. The lowest BCUT2D eigenvalue weighted by molar-refractivity contribution is 0.112. The van der Waals surface area contributed by atoms with Crippen LogP contribution in [0.25, 0.3) is 22.9 Å². The van der Waals surface area contributed by atoms with E-state index in [0.29, 0.717) is 17.3 Å². The van der Waals surface area contributed by atoms with Crippen LogP contribution in [-0.2, 0) is 0 Å². The van der Waals surface area contributed by atoms with Gasteiger partial charge >= 0.3 is 0 Å². The molecule has 2 aromatic carbocycles. The van der Waals surface area contributed by atoms with Gasteiger partial charge in [0.2, 0.25) is 11.8 Å². The van der Waals surface area contributed by atoms with E-state index in [0.717, 1.165) is 23.2 Å². The van der Waals surface area contributed by atoms with Crippen molar-refractivity contribution >= 4 is 6.29 Å². The van der Waals surface area contributed by atoms with Crippen LogP contribution < -0.4 is 4.74 Å². The van der Waals surface area contributed by atoms with Gasteiger partial charge in [0.25, 0.3) is 0 Å². The minimum atomic E-state index is 0.415. The van der Waals surface area contributed by atoms with E-state index >= 15 is 0 Å². The van der Waals surface area contributed by atoms with Gasteiger partial charge in [0.05, 0.1) is 7.11 Å². The molecule has 0 N–H and O–H groups in total. The first-order valence-corrected chi connectivity index (χ1v) is 6.33. The molecule has 0 bridgehead atoms. The molecule has 5 nitrogen and oxygen atoms in total. The van der Waals surface area contributed by atoms with Gasteiger partial charge in [-0.25, -0.2) is 0 Å². The van der Waals surface area contributed by atoms with E-state index in [4.69, 9.17) is 9.15 Å². The molecule has 0 aliphatic rings. The monoisotopic (exact) mass is 280 g/mol. The molecule has 0 fully saturated rings. The Bertz CT molecular complexity index is 746. The Kier molecular flexibility index (Phi) is 3.47. The zero-order valence-corrected chi connectivity index (χ0v) is 11.3. The van der Waals surface area contributed by atoms with Crippen LogP contribution in [0.2, 0.25) is 0 Å². The third-order valence-corrected chi connectivity index (χ3v) is 3.06. The number of carbonyl (C=O) groups excluding carboxylic acids is 1. The lowest BCUT2D eigenvalue weighted by Gasteiger charge is -1.99. The third kappa shape index (κ3) is 2.67. The summed E-state index contributed by atoms with van der Waals surface area (Å²) in [5.74, 6) is 1.62. The first-order chi connectivity index (χ1) is 10.3. The van der Waals surface area contributed by atoms with Crippen LogP contribution in [0, 0.1) is 0 Å². The molecule has 0 aliphatic heterocycles. The highest BCUT2D eigenvalue weighted by molar-refractivity contribution is 5.76. The lowest BCUT2D eigenvalue weighted by atomic mass is 10.1. The minimum Gasteiger partial charge on any atom is -0.497 e. The van der Waals surface area contributed by atoms with Crippen LogP contribution in [0.3, 0.4) is 0 Å². The molecule has 0 radical (unpaired) electrons. The summed E-state index contributed by atoms with van der Waals surface area (Å²) in [6.45, 7) is 0. The zero-order chi connectivity index (χ0) is 14.7. The molecule has 0 aliphatic carbocycles. The number of hydrogen-bond acceptors (Lipinski definition) is 5. The van der Waals surface area contributed by atoms with Crippen molar-refractivity contribution < 1.29 is 13.9 Å². The Morgan fingerprint density at radius 2 is 1.43 bits per heavy atom. The molecule has 104 valence electrons. The maximum atomic E-state index is 10.6. The van der Waals surface area contributed by atoms with E-state index in [1.165, 1.54) is 0 Å². The zero-order valence-electron chi connectivity index (χ0n) is 11.3. The van der Waals surface area contributed by atoms with Crippen LogP contribution >= 0.6 is 0 Å². The summed E-state index contributed by atoms with van der Waals surface area (Å²) in [5, 5.41) is 8.06. The molecule has 1 aromatic heterocycles. The van der Waals surface area contributed by atoms with Gasteiger partial charge in [-0.1, -0.05) is 12.1 Å². The SMILES string of the molecule is COc1ccc(-c2nnc(-c3ccc(C=O)cc3)o2)cc1. The summed E-state index contributed by atoms with van der Waals surface area (Å²) in [5.41, 5.74) is 2.19. The average molecular weight is 280 g/mol. The Balaban J connectivity index is 1.89. The Morgan fingerprint density at radius 3 is 1.90 bits per heavy atom. The van der Waals surface area contributed by atoms with E-state index < -0.39 is 0 Å². The predicted molar refractivity (Wildman–Crippen MR) is 77.1 cm³/mol. The maximum Gasteiger partial charge on any atom is 0.248 e. The molecule has 0 amide bonds. The van der Waals surface area contributed by atoms with E-state index in [1.807, 2.05) is 24.3 Å². The van der Waals surface area contributed by atoms with Crippen molar-refractivity contribution in [3.8, 4) is 28.7 Å². The quantitative estimate of drug-likeness (QED) is 0.686. The molecule has 0 spiro atoms. The van der Waals surface area contributed by atoms with Crippen molar-refractivity contribution in [2.75, 3.05) is 7.11 Å². The second kappa shape index (κ2) is 5.58. The summed E-state index contributed by atoms with van der Waals surface area (Å²) in [7, 11) is 1.61. The van der Waals surface area contributed by atoms with Crippen molar-refractivity contribution in [2.45, 2.75) is 0 Å². The van der Waals surface area contributed by atoms with Crippen molar-refractivity contribution in [3.05, 3.63) is 54.1 Å². The number of methoxy groups -OCH3 is 1. The summed E-state index contributed by atoms with van der Waals surface area (Å²) in [6.07, 6.45) is 0.792. The second-order valence-electron chi connectivity index (χ2n) is 4.38. The van der Waals surface area contributed by atoms with Gasteiger partial charge in [-0.15, -0.1) is 10.2 Å². The second-order valence-corrected chi connectivity index (χ2v) is 4.38. The predicted octanol–water partition coefficient (Wildman–Crippen LogP) is 3.22. The molecule has 0 saturated carbocycles. The molecule has 21 heavy (non-hydrogen) atoms. The summed E-state index contributed by atoms with van der Waals surface area (Å²) < 4.78 is 10.8. The maximum absolute atomic E-state index is 10.6. The number of aromatic nitrogens is 2. The normalized spacial score (nSPS) is 10.3. The fraction of sp³-hybridized carbons (Fsp3) is 0.0625. The molecule has 1 heterocycles. The van der Waals surface area contributed by atoms with Crippen molar-refractivity contribution in [2.24, 2.45) is 0 Å². The number of rotatable bonds is 4. The lowest BCUT2D eigenvalue weighted by Crippen LogP contribution is -1.82. The molecule has 5 heteroatoms. The highest BCUT2D eigenvalue weighted by Crippen LogP contribution is 2.25. The molecular formula is C16H12N2O3. The van der Waals surface area contributed by atoms with Gasteiger partial charge in [0.1, 0.15) is 12.0 Å². The number of hydrogen-bond donors (Lipinski definition) is 0. The number of carbonyl (C=O) groups is 1. The van der Waals surface area contributed by atoms with Crippen LogP contribution in [0.1, 0.15) is 10.4 Å². The molecule has 3 aromatic rings. The molecule has 0 unspecified atom stereocenters. The Hall–Kier alpha value is -2.95. The van der Waals surface area contributed by atoms with Crippen LogP contribution in [0.5, 0.6) is 5.75 Å². The van der Waals surface area contributed by atoms with Crippen molar-refractivity contribution in [1.29, 1.82) is 0 Å². The summed E-state index contributed by atoms with van der Waals surface area (Å²) in [6, 6.07) is 14.3. The summed E-state index contributed by atoms with van der Waals surface area (Å²) in [4.78, 5) is 10.6. The van der Waals surface area contributed by atoms with E-state index in [1.54, 1.807) is 31.4 Å². The first-order valence-electron chi connectivity index (χ1n) is 6.33. The molecule has 0 atom stereocenters. The van der Waals surface area contributed by atoms with Gasteiger partial charge in [0.15, 0.2) is 0 Å². The van der Waals surface area contributed by atoms with Crippen molar-refractivity contribution in [3.63, 3.8) is 0 Å². The van der Waals surface area contributed by atoms with Gasteiger partial charge in [-0.2, -0.15) is 0 Å². The van der Waals surface area contributed by atoms with E-state index in [-0.39, 0.29) is 0 Å². The highest BCUT2D eigenvalue weighted by atomic mass is 16.5. The van der Waals surface area contributed by atoms with Crippen LogP contribution in [-0.4, -0.2) is 23.6 Å². The largest absolute Gasteiger partial charge is 0.497 e. The summed E-state index contributed by atoms with van der Waals surface area (Å²) >= 11 is 0. The topological polar surface area (TPSA) is 65.2 Å². The number of benzene rings is 2.